The molecule has 0 saturated heterocycles. The Morgan fingerprint density at radius 2 is 2.17 bits per heavy atom. The molecule has 0 radical (unpaired) electrons. The van der Waals surface area contributed by atoms with Crippen LogP contribution >= 0.6 is 15.9 Å². The molecule has 0 aliphatic carbocycles. The fourth-order valence-electron chi connectivity index (χ4n) is 1.35. The van der Waals surface area contributed by atoms with Crippen molar-refractivity contribution < 1.29 is 19.0 Å². The third-order valence-corrected chi connectivity index (χ3v) is 3.04. The Morgan fingerprint density at radius 3 is 2.72 bits per heavy atom. The lowest BCUT2D eigenvalue weighted by Gasteiger charge is -2.14. The summed E-state index contributed by atoms with van der Waals surface area (Å²) in [6, 6.07) is 5.18. The smallest absolute Gasteiger partial charge is 0.331 e. The molecule has 0 amide bonds. The van der Waals surface area contributed by atoms with Crippen LogP contribution in [0.4, 0.5) is 0 Å². The second-order valence-corrected chi connectivity index (χ2v) is 4.44. The van der Waals surface area contributed by atoms with Crippen LogP contribution in [0.1, 0.15) is 11.6 Å². The molecule has 100 valence electrons. The Labute approximate surface area is 114 Å². The molecule has 0 bridgehead atoms. The molecule has 18 heavy (non-hydrogen) atoms. The van der Waals surface area contributed by atoms with Gasteiger partial charge in [0.2, 0.25) is 0 Å². The molecule has 1 atom stereocenters. The van der Waals surface area contributed by atoms with E-state index in [-0.39, 0.29) is 19.3 Å². The monoisotopic (exact) mass is 317 g/mol. The van der Waals surface area contributed by atoms with Crippen LogP contribution in [-0.2, 0) is 14.3 Å². The number of ether oxygens (including phenoxy) is 3. The van der Waals surface area contributed by atoms with Gasteiger partial charge in [0, 0.05) is 4.47 Å². The van der Waals surface area contributed by atoms with Crippen molar-refractivity contribution in [3.8, 4) is 5.75 Å². The zero-order chi connectivity index (χ0) is 13.5. The summed E-state index contributed by atoms with van der Waals surface area (Å²) in [5.41, 5.74) is 6.86. The minimum Gasteiger partial charge on any atom is -0.497 e. The number of hydrogen-bond acceptors (Lipinski definition) is 5. The van der Waals surface area contributed by atoms with Crippen molar-refractivity contribution in [1.82, 2.24) is 0 Å². The number of carbonyl (C=O) groups excluding carboxylic acids is 1. The van der Waals surface area contributed by atoms with Gasteiger partial charge in [0.05, 0.1) is 26.9 Å². The Kier molecular flexibility index (Phi) is 6.11. The number of carbonyl (C=O) groups is 1. The summed E-state index contributed by atoms with van der Waals surface area (Å²) >= 11 is 3.42. The van der Waals surface area contributed by atoms with Crippen LogP contribution in [0.2, 0.25) is 0 Å². The Morgan fingerprint density at radius 1 is 1.44 bits per heavy atom. The van der Waals surface area contributed by atoms with Gasteiger partial charge in [-0.1, -0.05) is 22.0 Å². The molecule has 1 aromatic rings. The van der Waals surface area contributed by atoms with E-state index in [0.717, 1.165) is 15.8 Å². The van der Waals surface area contributed by atoms with Crippen molar-refractivity contribution in [2.75, 3.05) is 27.4 Å². The van der Waals surface area contributed by atoms with Crippen LogP contribution in [0.3, 0.4) is 0 Å². The average molecular weight is 318 g/mol. The van der Waals surface area contributed by atoms with Crippen molar-refractivity contribution in [3.05, 3.63) is 28.2 Å². The zero-order valence-electron chi connectivity index (χ0n) is 10.3. The molecule has 0 fully saturated rings. The van der Waals surface area contributed by atoms with E-state index in [1.165, 1.54) is 7.11 Å². The predicted molar refractivity (Wildman–Crippen MR) is 70.5 cm³/mol. The van der Waals surface area contributed by atoms with E-state index in [0.29, 0.717) is 0 Å². The number of halogens is 1. The van der Waals surface area contributed by atoms with Gasteiger partial charge in [-0.05, 0) is 17.7 Å². The van der Waals surface area contributed by atoms with Crippen molar-refractivity contribution in [2.24, 2.45) is 5.73 Å². The molecule has 0 saturated carbocycles. The van der Waals surface area contributed by atoms with Gasteiger partial charge in [-0.15, -0.1) is 0 Å². The molecule has 1 aromatic carbocycles. The maximum atomic E-state index is 10.9. The maximum Gasteiger partial charge on any atom is 0.331 e. The predicted octanol–water partition coefficient (Wildman–Crippen LogP) is 1.65. The van der Waals surface area contributed by atoms with Gasteiger partial charge < -0.3 is 19.9 Å². The first-order chi connectivity index (χ1) is 8.58. The summed E-state index contributed by atoms with van der Waals surface area (Å²) in [6.45, 7) is 0.137. The highest BCUT2D eigenvalue weighted by Gasteiger charge is 2.12. The number of hydrogen-bond donors (Lipinski definition) is 1. The molecule has 0 aliphatic rings. The summed E-state index contributed by atoms with van der Waals surface area (Å²) in [5.74, 6) is 0.323. The summed E-state index contributed by atoms with van der Waals surface area (Å²) in [6.07, 6.45) is 0. The standard InChI is InChI=1S/C12H16BrNO4/c1-16-8-3-4-9(10(13)5-8)11(14)6-18-7-12(15)17-2/h3-5,11H,6-7,14H2,1-2H3. The molecule has 0 heterocycles. The molecular weight excluding hydrogens is 302 g/mol. The van der Waals surface area contributed by atoms with Crippen LogP contribution in [0.5, 0.6) is 5.75 Å². The van der Waals surface area contributed by atoms with E-state index < -0.39 is 5.97 Å². The van der Waals surface area contributed by atoms with Gasteiger partial charge in [-0.3, -0.25) is 0 Å². The van der Waals surface area contributed by atoms with Crippen LogP contribution in [0.15, 0.2) is 22.7 Å². The van der Waals surface area contributed by atoms with Gasteiger partial charge in [-0.25, -0.2) is 4.79 Å². The first kappa shape index (κ1) is 14.9. The number of rotatable bonds is 6. The third-order valence-electron chi connectivity index (χ3n) is 2.35. The summed E-state index contributed by atoms with van der Waals surface area (Å²) in [4.78, 5) is 10.9. The minimum atomic E-state index is -0.420. The number of esters is 1. The second-order valence-electron chi connectivity index (χ2n) is 3.59. The fraction of sp³-hybridized carbons (Fsp3) is 0.417. The highest BCUT2D eigenvalue weighted by atomic mass is 79.9. The number of nitrogens with two attached hydrogens (primary N) is 1. The lowest BCUT2D eigenvalue weighted by Crippen LogP contribution is -2.20. The zero-order valence-corrected chi connectivity index (χ0v) is 11.9. The second kappa shape index (κ2) is 7.35. The topological polar surface area (TPSA) is 70.8 Å². The van der Waals surface area contributed by atoms with E-state index in [4.69, 9.17) is 15.2 Å². The van der Waals surface area contributed by atoms with Crippen LogP contribution in [0.25, 0.3) is 0 Å². The first-order valence-corrected chi connectivity index (χ1v) is 6.11. The van der Waals surface area contributed by atoms with E-state index >= 15 is 0 Å². The highest BCUT2D eigenvalue weighted by Crippen LogP contribution is 2.26. The summed E-state index contributed by atoms with van der Waals surface area (Å²) < 4.78 is 15.6. The number of methoxy groups -OCH3 is 2. The van der Waals surface area contributed by atoms with E-state index in [9.17, 15) is 4.79 Å². The molecule has 1 rings (SSSR count). The molecule has 5 nitrogen and oxygen atoms in total. The first-order valence-electron chi connectivity index (χ1n) is 5.32. The molecule has 6 heteroatoms. The quantitative estimate of drug-likeness (QED) is 0.808. The Balaban J connectivity index is 2.56. The van der Waals surface area contributed by atoms with E-state index in [2.05, 4.69) is 20.7 Å². The Hall–Kier alpha value is -1.11. The lowest BCUT2D eigenvalue weighted by molar-refractivity contribution is -0.146. The van der Waals surface area contributed by atoms with Crippen molar-refractivity contribution >= 4 is 21.9 Å². The largest absolute Gasteiger partial charge is 0.497 e. The van der Waals surface area contributed by atoms with Gasteiger partial charge in [0.15, 0.2) is 0 Å². The Bertz CT molecular complexity index is 411. The van der Waals surface area contributed by atoms with Gasteiger partial charge in [0.25, 0.3) is 0 Å². The molecule has 1 unspecified atom stereocenters. The summed E-state index contributed by atoms with van der Waals surface area (Å²) in [5, 5.41) is 0. The SMILES string of the molecule is COC(=O)COCC(N)c1ccc(OC)cc1Br. The lowest BCUT2D eigenvalue weighted by atomic mass is 10.1. The van der Waals surface area contributed by atoms with Gasteiger partial charge in [-0.2, -0.15) is 0 Å². The van der Waals surface area contributed by atoms with E-state index in [1.54, 1.807) is 7.11 Å². The van der Waals surface area contributed by atoms with Crippen LogP contribution in [0, 0.1) is 0 Å². The molecule has 0 aromatic heterocycles. The molecular formula is C12H16BrNO4. The third kappa shape index (κ3) is 4.29. The highest BCUT2D eigenvalue weighted by molar-refractivity contribution is 9.10. The fourth-order valence-corrected chi connectivity index (χ4v) is 2.01. The van der Waals surface area contributed by atoms with Crippen molar-refractivity contribution in [3.63, 3.8) is 0 Å². The number of benzene rings is 1. The molecule has 0 aliphatic heterocycles. The van der Waals surface area contributed by atoms with Gasteiger partial charge >= 0.3 is 5.97 Å². The van der Waals surface area contributed by atoms with Crippen LogP contribution < -0.4 is 10.5 Å². The normalized spacial score (nSPS) is 12.0. The molecule has 0 spiro atoms. The van der Waals surface area contributed by atoms with Crippen molar-refractivity contribution in [2.45, 2.75) is 6.04 Å². The van der Waals surface area contributed by atoms with Gasteiger partial charge in [0.1, 0.15) is 12.4 Å². The summed E-state index contributed by atoms with van der Waals surface area (Å²) in [7, 11) is 2.91. The van der Waals surface area contributed by atoms with Crippen LogP contribution in [-0.4, -0.2) is 33.4 Å². The minimum absolute atomic E-state index is 0.0992. The molecule has 2 N–H and O–H groups in total. The van der Waals surface area contributed by atoms with E-state index in [1.807, 2.05) is 18.2 Å². The average Bonchev–Trinajstić information content (AvgIpc) is 2.37. The van der Waals surface area contributed by atoms with Crippen molar-refractivity contribution in [1.29, 1.82) is 0 Å². The maximum absolute atomic E-state index is 10.9.